The molecule has 0 aliphatic carbocycles. The SMILES string of the molecule is CN(C)c1ccc(-c2nc3ccc(-c4nc5ccc(N6CCC(N)CC6)cc5[nH]4)cc3[nH]2)cc1. The molecule has 7 nitrogen and oxygen atoms in total. The Morgan fingerprint density at radius 3 is 2.06 bits per heavy atom. The molecule has 0 amide bonds. The minimum atomic E-state index is 0.328. The smallest absolute Gasteiger partial charge is 0.138 e. The van der Waals surface area contributed by atoms with Crippen LogP contribution in [0.2, 0.25) is 0 Å². The number of fused-ring (bicyclic) bond motifs is 2. The number of hydrogen-bond acceptors (Lipinski definition) is 5. The van der Waals surface area contributed by atoms with Crippen LogP contribution in [0.25, 0.3) is 44.8 Å². The van der Waals surface area contributed by atoms with E-state index in [2.05, 4.69) is 80.4 Å². The van der Waals surface area contributed by atoms with E-state index in [0.29, 0.717) is 6.04 Å². The van der Waals surface area contributed by atoms with Gasteiger partial charge in [0.15, 0.2) is 0 Å². The van der Waals surface area contributed by atoms with E-state index in [4.69, 9.17) is 15.7 Å². The zero-order chi connectivity index (χ0) is 23.2. The lowest BCUT2D eigenvalue weighted by atomic mass is 10.1. The third-order valence-corrected chi connectivity index (χ3v) is 6.78. The zero-order valence-corrected chi connectivity index (χ0v) is 19.5. The highest BCUT2D eigenvalue weighted by atomic mass is 15.1. The predicted octanol–water partition coefficient (Wildman–Crippen LogP) is 4.77. The molecule has 172 valence electrons. The molecule has 0 unspecified atom stereocenters. The van der Waals surface area contributed by atoms with Gasteiger partial charge in [0.2, 0.25) is 0 Å². The summed E-state index contributed by atoms with van der Waals surface area (Å²) < 4.78 is 0. The van der Waals surface area contributed by atoms with Crippen LogP contribution >= 0.6 is 0 Å². The number of rotatable bonds is 4. The van der Waals surface area contributed by atoms with E-state index < -0.39 is 0 Å². The van der Waals surface area contributed by atoms with Crippen molar-refractivity contribution in [3.05, 3.63) is 60.7 Å². The molecule has 4 N–H and O–H groups in total. The van der Waals surface area contributed by atoms with Gasteiger partial charge in [0.05, 0.1) is 22.1 Å². The molecular formula is C27H29N7. The Labute approximate surface area is 198 Å². The van der Waals surface area contributed by atoms with Crippen molar-refractivity contribution in [1.29, 1.82) is 0 Å². The van der Waals surface area contributed by atoms with Crippen molar-refractivity contribution in [3.8, 4) is 22.8 Å². The lowest BCUT2D eigenvalue weighted by Crippen LogP contribution is -2.39. The van der Waals surface area contributed by atoms with Crippen molar-refractivity contribution in [2.75, 3.05) is 37.0 Å². The highest BCUT2D eigenvalue weighted by Gasteiger charge is 2.17. The summed E-state index contributed by atoms with van der Waals surface area (Å²) in [7, 11) is 4.08. The first-order valence-electron chi connectivity index (χ1n) is 11.8. The third-order valence-electron chi connectivity index (χ3n) is 6.78. The van der Waals surface area contributed by atoms with Gasteiger partial charge in [-0.15, -0.1) is 0 Å². The largest absolute Gasteiger partial charge is 0.378 e. The second kappa shape index (κ2) is 8.18. The average molecular weight is 452 g/mol. The molecule has 0 radical (unpaired) electrons. The molecule has 3 heterocycles. The molecule has 7 heteroatoms. The monoisotopic (exact) mass is 451 g/mol. The van der Waals surface area contributed by atoms with Gasteiger partial charge < -0.3 is 25.5 Å². The van der Waals surface area contributed by atoms with Gasteiger partial charge in [0, 0.05) is 55.7 Å². The first-order valence-corrected chi connectivity index (χ1v) is 11.8. The summed E-state index contributed by atoms with van der Waals surface area (Å²) in [6, 6.07) is 21.4. The third kappa shape index (κ3) is 3.78. The van der Waals surface area contributed by atoms with Crippen LogP contribution in [-0.2, 0) is 0 Å². The zero-order valence-electron chi connectivity index (χ0n) is 19.5. The highest BCUT2D eigenvalue weighted by Crippen LogP contribution is 2.29. The number of hydrogen-bond donors (Lipinski definition) is 3. The summed E-state index contributed by atoms with van der Waals surface area (Å²) >= 11 is 0. The van der Waals surface area contributed by atoms with Crippen LogP contribution in [0.3, 0.4) is 0 Å². The van der Waals surface area contributed by atoms with Crippen LogP contribution < -0.4 is 15.5 Å². The van der Waals surface area contributed by atoms with E-state index >= 15 is 0 Å². The standard InChI is InChI=1S/C27H29N7/c1-33(2)20-6-3-17(4-7-20)26-29-22-9-5-18(15-24(22)31-26)27-30-23-10-8-21(16-25(23)32-27)34-13-11-19(28)12-14-34/h3-10,15-16,19H,11-14,28H2,1-2H3,(H,29,31)(H,30,32). The number of benzene rings is 3. The maximum Gasteiger partial charge on any atom is 0.138 e. The highest BCUT2D eigenvalue weighted by molar-refractivity contribution is 5.87. The maximum absolute atomic E-state index is 6.07. The van der Waals surface area contributed by atoms with Crippen molar-refractivity contribution >= 4 is 33.4 Å². The van der Waals surface area contributed by atoms with Crippen LogP contribution in [0.4, 0.5) is 11.4 Å². The predicted molar refractivity (Wildman–Crippen MR) is 140 cm³/mol. The van der Waals surface area contributed by atoms with Gasteiger partial charge in [-0.1, -0.05) is 0 Å². The van der Waals surface area contributed by atoms with Crippen molar-refractivity contribution in [2.45, 2.75) is 18.9 Å². The summed E-state index contributed by atoms with van der Waals surface area (Å²) in [5.41, 5.74) is 14.5. The van der Waals surface area contributed by atoms with Crippen LogP contribution in [0.5, 0.6) is 0 Å². The van der Waals surface area contributed by atoms with E-state index in [1.165, 1.54) is 11.4 Å². The summed E-state index contributed by atoms with van der Waals surface area (Å²) in [5.74, 6) is 1.73. The van der Waals surface area contributed by atoms with Gasteiger partial charge >= 0.3 is 0 Å². The Hall–Kier alpha value is -3.84. The van der Waals surface area contributed by atoms with Gasteiger partial charge in [-0.05, 0) is 73.5 Å². The molecule has 3 aromatic carbocycles. The average Bonchev–Trinajstić information content (AvgIpc) is 3.48. The molecule has 1 aliphatic heterocycles. The van der Waals surface area contributed by atoms with Crippen LogP contribution in [0.15, 0.2) is 60.7 Å². The van der Waals surface area contributed by atoms with Crippen molar-refractivity contribution < 1.29 is 0 Å². The number of nitrogens with two attached hydrogens (primary N) is 1. The number of nitrogens with zero attached hydrogens (tertiary/aromatic N) is 4. The Bertz CT molecular complexity index is 1450. The fourth-order valence-corrected chi connectivity index (χ4v) is 4.70. The van der Waals surface area contributed by atoms with Gasteiger partial charge in [-0.2, -0.15) is 0 Å². The molecule has 34 heavy (non-hydrogen) atoms. The molecule has 1 fully saturated rings. The van der Waals surface area contributed by atoms with Gasteiger partial charge in [0.1, 0.15) is 11.6 Å². The molecule has 0 saturated carbocycles. The number of anilines is 2. The summed E-state index contributed by atoms with van der Waals surface area (Å²) in [5, 5.41) is 0. The number of aromatic nitrogens is 4. The summed E-state index contributed by atoms with van der Waals surface area (Å²) in [6.07, 6.45) is 2.08. The van der Waals surface area contributed by atoms with E-state index in [-0.39, 0.29) is 0 Å². The summed E-state index contributed by atoms with van der Waals surface area (Å²) in [6.45, 7) is 2.01. The van der Waals surface area contributed by atoms with Crippen LogP contribution in [0, 0.1) is 0 Å². The molecular weight excluding hydrogens is 422 g/mol. The second-order valence-electron chi connectivity index (χ2n) is 9.37. The van der Waals surface area contributed by atoms with Crippen molar-refractivity contribution in [2.24, 2.45) is 5.73 Å². The minimum absolute atomic E-state index is 0.328. The Balaban J connectivity index is 1.30. The van der Waals surface area contributed by atoms with E-state index in [1.54, 1.807) is 0 Å². The van der Waals surface area contributed by atoms with E-state index in [1.807, 2.05) is 14.1 Å². The first-order chi connectivity index (χ1) is 16.5. The maximum atomic E-state index is 6.07. The van der Waals surface area contributed by atoms with Crippen LogP contribution in [-0.4, -0.2) is 53.2 Å². The molecule has 6 rings (SSSR count). The number of piperidine rings is 1. The van der Waals surface area contributed by atoms with Crippen LogP contribution in [0.1, 0.15) is 12.8 Å². The quantitative estimate of drug-likeness (QED) is 0.366. The number of nitrogens with one attached hydrogen (secondary N) is 2. The molecule has 2 aromatic heterocycles. The lowest BCUT2D eigenvalue weighted by Gasteiger charge is -2.31. The van der Waals surface area contributed by atoms with Gasteiger partial charge in [-0.3, -0.25) is 0 Å². The normalized spacial score (nSPS) is 14.9. The van der Waals surface area contributed by atoms with Crippen molar-refractivity contribution in [1.82, 2.24) is 19.9 Å². The lowest BCUT2D eigenvalue weighted by molar-refractivity contribution is 0.501. The number of imidazole rings is 2. The Kier molecular flexibility index (Phi) is 4.99. The fourth-order valence-electron chi connectivity index (χ4n) is 4.70. The first kappa shape index (κ1) is 20.7. The van der Waals surface area contributed by atoms with Gasteiger partial charge in [0.25, 0.3) is 0 Å². The second-order valence-corrected chi connectivity index (χ2v) is 9.37. The molecule has 0 spiro atoms. The van der Waals surface area contributed by atoms with Gasteiger partial charge in [-0.25, -0.2) is 9.97 Å². The topological polar surface area (TPSA) is 89.9 Å². The molecule has 0 bridgehead atoms. The molecule has 1 aliphatic rings. The molecule has 0 atom stereocenters. The molecule has 1 saturated heterocycles. The minimum Gasteiger partial charge on any atom is -0.378 e. The Morgan fingerprint density at radius 1 is 0.794 bits per heavy atom. The molecule has 5 aromatic rings. The van der Waals surface area contributed by atoms with Crippen molar-refractivity contribution in [3.63, 3.8) is 0 Å². The fraction of sp³-hybridized carbons (Fsp3) is 0.259. The number of H-pyrrole nitrogens is 2. The van der Waals surface area contributed by atoms with E-state index in [0.717, 1.165) is 70.8 Å². The van der Waals surface area contributed by atoms with E-state index in [9.17, 15) is 0 Å². The Morgan fingerprint density at radius 2 is 1.38 bits per heavy atom. The number of aromatic amines is 2. The summed E-state index contributed by atoms with van der Waals surface area (Å²) in [4.78, 5) is 21.1.